The predicted molar refractivity (Wildman–Crippen MR) is 80.0 cm³/mol. The Hall–Kier alpha value is -1.91. The van der Waals surface area contributed by atoms with Gasteiger partial charge in [0.15, 0.2) is 0 Å². The number of allylic oxidation sites excluding steroid dienone is 2. The summed E-state index contributed by atoms with van der Waals surface area (Å²) in [6, 6.07) is 0. The highest BCUT2D eigenvalue weighted by molar-refractivity contribution is 6.49. The van der Waals surface area contributed by atoms with Gasteiger partial charge in [0, 0.05) is 11.6 Å². The third kappa shape index (κ3) is 3.64. The van der Waals surface area contributed by atoms with Crippen LogP contribution in [0.2, 0.25) is 0 Å². The van der Waals surface area contributed by atoms with Crippen molar-refractivity contribution in [3.05, 3.63) is 23.0 Å². The number of ether oxygens (including phenoxy) is 2. The average Bonchev–Trinajstić information content (AvgIpc) is 2.48. The number of hydrogen-bond acceptors (Lipinski definition) is 5. The largest absolute Gasteiger partial charge is 0.496 e. The molecule has 0 aromatic rings. The summed E-state index contributed by atoms with van der Waals surface area (Å²) in [5, 5.41) is 0. The van der Waals surface area contributed by atoms with Gasteiger partial charge in [-0.05, 0) is 32.6 Å². The first-order valence-corrected chi connectivity index (χ1v) is 7.83. The number of carbonyl (C=O) groups excluding carboxylic acids is 3. The van der Waals surface area contributed by atoms with Crippen LogP contribution >= 0.6 is 0 Å². The first kappa shape index (κ1) is 16.5. The number of cyclic esters (lactones) is 1. The first-order valence-electron chi connectivity index (χ1n) is 7.83. The number of hydrogen-bond donors (Lipinski definition) is 0. The summed E-state index contributed by atoms with van der Waals surface area (Å²) in [6.45, 7) is 1.84. The van der Waals surface area contributed by atoms with Gasteiger partial charge >= 0.3 is 5.97 Å². The van der Waals surface area contributed by atoms with E-state index in [1.807, 2.05) is 6.92 Å². The standard InChI is InChI=1S/C17H22O5/c1-11-8-6-4-3-5-7-9-12-15(17(20)22-11)14(21-2)10-13(18)16(12)19/h10-11H,3-9H2,1-2H3. The lowest BCUT2D eigenvalue weighted by Crippen LogP contribution is -2.28. The lowest BCUT2D eigenvalue weighted by Gasteiger charge is -2.21. The fourth-order valence-electron chi connectivity index (χ4n) is 2.86. The van der Waals surface area contributed by atoms with Gasteiger partial charge in [0.1, 0.15) is 11.3 Å². The highest BCUT2D eigenvalue weighted by Crippen LogP contribution is 2.28. The molecule has 0 aromatic heterocycles. The Kier molecular flexibility index (Phi) is 5.52. The van der Waals surface area contributed by atoms with Crippen LogP contribution in [0.5, 0.6) is 0 Å². The molecule has 0 amide bonds. The molecule has 0 saturated heterocycles. The zero-order chi connectivity index (χ0) is 16.1. The van der Waals surface area contributed by atoms with E-state index in [0.717, 1.165) is 44.6 Å². The molecule has 1 heterocycles. The average molecular weight is 306 g/mol. The Labute approximate surface area is 130 Å². The Balaban J connectivity index is 2.39. The molecule has 0 radical (unpaired) electrons. The fourth-order valence-corrected chi connectivity index (χ4v) is 2.86. The van der Waals surface area contributed by atoms with Crippen LogP contribution in [-0.2, 0) is 23.9 Å². The van der Waals surface area contributed by atoms with E-state index in [2.05, 4.69) is 0 Å². The van der Waals surface area contributed by atoms with Crippen molar-refractivity contribution in [1.82, 2.24) is 0 Å². The van der Waals surface area contributed by atoms with Gasteiger partial charge in [0.2, 0.25) is 11.6 Å². The van der Waals surface area contributed by atoms with Gasteiger partial charge < -0.3 is 9.47 Å². The highest BCUT2D eigenvalue weighted by atomic mass is 16.5. The van der Waals surface area contributed by atoms with Gasteiger partial charge in [-0.1, -0.05) is 19.3 Å². The number of esters is 1. The van der Waals surface area contributed by atoms with Crippen molar-refractivity contribution in [1.29, 1.82) is 0 Å². The van der Waals surface area contributed by atoms with E-state index in [1.54, 1.807) is 0 Å². The summed E-state index contributed by atoms with van der Waals surface area (Å²) < 4.78 is 10.6. The van der Waals surface area contributed by atoms with Gasteiger partial charge in [0.25, 0.3) is 0 Å². The molecule has 5 nitrogen and oxygen atoms in total. The molecule has 1 unspecified atom stereocenters. The Morgan fingerprint density at radius 1 is 1.09 bits per heavy atom. The van der Waals surface area contributed by atoms with Crippen molar-refractivity contribution in [2.75, 3.05) is 7.11 Å². The molecule has 5 heteroatoms. The van der Waals surface area contributed by atoms with Crippen molar-refractivity contribution >= 4 is 17.5 Å². The Morgan fingerprint density at radius 2 is 1.77 bits per heavy atom. The normalized spacial score (nSPS) is 24.7. The quantitative estimate of drug-likeness (QED) is 0.423. The number of ketones is 2. The summed E-state index contributed by atoms with van der Waals surface area (Å²) in [5.41, 5.74) is 0.363. The highest BCUT2D eigenvalue weighted by Gasteiger charge is 2.34. The summed E-state index contributed by atoms with van der Waals surface area (Å²) >= 11 is 0. The Bertz CT molecular complexity index is 541. The minimum atomic E-state index is -0.636. The van der Waals surface area contributed by atoms with Gasteiger partial charge in [-0.3, -0.25) is 9.59 Å². The van der Waals surface area contributed by atoms with Crippen molar-refractivity contribution in [3.8, 4) is 0 Å². The third-order valence-electron chi connectivity index (χ3n) is 4.08. The Morgan fingerprint density at radius 3 is 2.50 bits per heavy atom. The molecule has 22 heavy (non-hydrogen) atoms. The number of Topliss-reactive ketones (excluding diaryl/α,β-unsaturated/α-hetero) is 1. The van der Waals surface area contributed by atoms with Crippen LogP contribution in [0.4, 0.5) is 0 Å². The van der Waals surface area contributed by atoms with E-state index in [0.29, 0.717) is 6.42 Å². The molecule has 0 spiro atoms. The molecule has 1 aliphatic heterocycles. The molecule has 0 N–H and O–H groups in total. The van der Waals surface area contributed by atoms with Crippen molar-refractivity contribution in [2.24, 2.45) is 0 Å². The van der Waals surface area contributed by atoms with Crippen LogP contribution in [0, 0.1) is 0 Å². The predicted octanol–water partition coefficient (Wildman–Crippen LogP) is 2.64. The van der Waals surface area contributed by atoms with Gasteiger partial charge in [-0.15, -0.1) is 0 Å². The molecule has 2 aliphatic rings. The van der Waals surface area contributed by atoms with E-state index in [9.17, 15) is 14.4 Å². The zero-order valence-electron chi connectivity index (χ0n) is 13.1. The lowest BCUT2D eigenvalue weighted by molar-refractivity contribution is -0.144. The minimum Gasteiger partial charge on any atom is -0.496 e. The fraction of sp³-hybridized carbons (Fsp3) is 0.588. The molecular weight excluding hydrogens is 284 g/mol. The molecule has 1 aliphatic carbocycles. The maximum atomic E-state index is 12.4. The van der Waals surface area contributed by atoms with Crippen LogP contribution in [0.25, 0.3) is 0 Å². The van der Waals surface area contributed by atoms with Crippen LogP contribution < -0.4 is 0 Å². The summed E-state index contributed by atoms with van der Waals surface area (Å²) in [7, 11) is 1.38. The SMILES string of the molecule is COC1=CC(=O)C(=O)C2=C1C(=O)OC(C)CCCCCCC2. The minimum absolute atomic E-state index is 0.125. The molecule has 0 aromatic carbocycles. The number of methoxy groups -OCH3 is 1. The van der Waals surface area contributed by atoms with Crippen LogP contribution in [0.3, 0.4) is 0 Å². The van der Waals surface area contributed by atoms with Crippen LogP contribution in [-0.4, -0.2) is 30.7 Å². The van der Waals surface area contributed by atoms with Crippen LogP contribution in [0.15, 0.2) is 23.0 Å². The van der Waals surface area contributed by atoms with E-state index < -0.39 is 17.5 Å². The summed E-state index contributed by atoms with van der Waals surface area (Å²) in [5.74, 6) is -1.69. The number of rotatable bonds is 1. The molecule has 1 atom stereocenters. The third-order valence-corrected chi connectivity index (χ3v) is 4.08. The molecule has 0 saturated carbocycles. The van der Waals surface area contributed by atoms with E-state index in [-0.39, 0.29) is 23.0 Å². The zero-order valence-corrected chi connectivity index (χ0v) is 13.1. The van der Waals surface area contributed by atoms with Gasteiger partial charge in [-0.2, -0.15) is 0 Å². The monoisotopic (exact) mass is 306 g/mol. The first-order chi connectivity index (χ1) is 10.5. The second kappa shape index (κ2) is 7.38. The van der Waals surface area contributed by atoms with E-state index >= 15 is 0 Å². The summed E-state index contributed by atoms with van der Waals surface area (Å²) in [4.78, 5) is 36.4. The van der Waals surface area contributed by atoms with Crippen molar-refractivity contribution in [3.63, 3.8) is 0 Å². The van der Waals surface area contributed by atoms with Gasteiger partial charge in [-0.25, -0.2) is 4.79 Å². The topological polar surface area (TPSA) is 69.7 Å². The van der Waals surface area contributed by atoms with Crippen molar-refractivity contribution < 1.29 is 23.9 Å². The maximum absolute atomic E-state index is 12.4. The molecular formula is C17H22O5. The van der Waals surface area contributed by atoms with Crippen LogP contribution in [0.1, 0.15) is 51.9 Å². The van der Waals surface area contributed by atoms with E-state index in [1.165, 1.54) is 7.11 Å². The molecule has 0 fully saturated rings. The van der Waals surface area contributed by atoms with E-state index in [4.69, 9.17) is 9.47 Å². The summed E-state index contributed by atoms with van der Waals surface area (Å²) in [6.07, 6.45) is 7.01. The maximum Gasteiger partial charge on any atom is 0.342 e. The van der Waals surface area contributed by atoms with Crippen molar-refractivity contribution in [2.45, 2.75) is 58.0 Å². The second-order valence-corrected chi connectivity index (χ2v) is 5.78. The molecule has 2 rings (SSSR count). The second-order valence-electron chi connectivity index (χ2n) is 5.78. The molecule has 0 bridgehead atoms. The lowest BCUT2D eigenvalue weighted by atomic mass is 9.89. The number of carbonyl (C=O) groups is 3. The molecule has 120 valence electrons. The smallest absolute Gasteiger partial charge is 0.342 e. The van der Waals surface area contributed by atoms with Gasteiger partial charge in [0.05, 0.1) is 13.2 Å².